The molecule has 1 aliphatic carbocycles. The largest absolute Gasteiger partial charge is 0.343 e. The highest BCUT2D eigenvalue weighted by atomic mass is 16.2. The molecule has 0 N–H and O–H groups in total. The molecule has 2 unspecified atom stereocenters. The van der Waals surface area contributed by atoms with Crippen LogP contribution < -0.4 is 0 Å². The van der Waals surface area contributed by atoms with Gasteiger partial charge in [0.15, 0.2) is 0 Å². The molecule has 26 heavy (non-hydrogen) atoms. The maximum Gasteiger partial charge on any atom is 0.272 e. The van der Waals surface area contributed by atoms with Crippen LogP contribution in [0.3, 0.4) is 0 Å². The molecule has 1 saturated carbocycles. The van der Waals surface area contributed by atoms with E-state index in [0.717, 1.165) is 57.2 Å². The molecule has 4 rings (SSSR count). The molecule has 1 aromatic rings. The van der Waals surface area contributed by atoms with Crippen LogP contribution in [0.25, 0.3) is 0 Å². The Balaban J connectivity index is 1.34. The molecule has 142 valence electrons. The van der Waals surface area contributed by atoms with Crippen LogP contribution in [-0.4, -0.2) is 57.3 Å². The first-order chi connectivity index (χ1) is 12.4. The van der Waals surface area contributed by atoms with Crippen LogP contribution >= 0.6 is 0 Å². The molecule has 4 atom stereocenters. The van der Waals surface area contributed by atoms with Crippen molar-refractivity contribution in [2.45, 2.75) is 39.5 Å². The van der Waals surface area contributed by atoms with Gasteiger partial charge in [-0.1, -0.05) is 6.92 Å². The Kier molecular flexibility index (Phi) is 4.53. The highest BCUT2D eigenvalue weighted by Gasteiger charge is 2.40. The molecule has 2 amide bonds. The van der Waals surface area contributed by atoms with E-state index in [-0.39, 0.29) is 5.91 Å². The van der Waals surface area contributed by atoms with Crippen molar-refractivity contribution in [3.05, 3.63) is 17.7 Å². The molecule has 3 heterocycles. The predicted molar refractivity (Wildman–Crippen MR) is 98.5 cm³/mol. The van der Waals surface area contributed by atoms with Crippen LogP contribution in [0.4, 0.5) is 0 Å². The quantitative estimate of drug-likeness (QED) is 0.831. The van der Waals surface area contributed by atoms with Gasteiger partial charge in [-0.15, -0.1) is 0 Å². The van der Waals surface area contributed by atoms with Crippen LogP contribution in [0.1, 0.15) is 48.9 Å². The molecule has 2 aliphatic heterocycles. The lowest BCUT2D eigenvalue weighted by molar-refractivity contribution is -0.131. The number of hydrogen-bond donors (Lipinski definition) is 0. The molecule has 6 heteroatoms. The molecule has 6 nitrogen and oxygen atoms in total. The van der Waals surface area contributed by atoms with Crippen molar-refractivity contribution in [3.8, 4) is 0 Å². The summed E-state index contributed by atoms with van der Waals surface area (Å²) in [5.74, 6) is 3.70. The van der Waals surface area contributed by atoms with E-state index >= 15 is 0 Å². The van der Waals surface area contributed by atoms with E-state index in [1.54, 1.807) is 6.20 Å². The average molecular weight is 358 g/mol. The van der Waals surface area contributed by atoms with E-state index < -0.39 is 0 Å². The van der Waals surface area contributed by atoms with E-state index in [9.17, 15) is 9.59 Å². The molecule has 0 aromatic carbocycles. The van der Waals surface area contributed by atoms with Gasteiger partial charge in [-0.2, -0.15) is 0 Å². The lowest BCUT2D eigenvalue weighted by Crippen LogP contribution is -2.34. The Morgan fingerprint density at radius 1 is 1.15 bits per heavy atom. The van der Waals surface area contributed by atoms with Crippen molar-refractivity contribution in [1.82, 2.24) is 19.4 Å². The second-order valence-corrected chi connectivity index (χ2v) is 8.62. The number of amides is 2. The van der Waals surface area contributed by atoms with Gasteiger partial charge >= 0.3 is 0 Å². The van der Waals surface area contributed by atoms with Crippen molar-refractivity contribution in [2.75, 3.05) is 26.2 Å². The van der Waals surface area contributed by atoms with Gasteiger partial charge in [-0.05, 0) is 49.9 Å². The summed E-state index contributed by atoms with van der Waals surface area (Å²) in [7, 11) is 1.90. The highest BCUT2D eigenvalue weighted by Crippen LogP contribution is 2.41. The number of aromatic nitrogens is 2. The second-order valence-electron chi connectivity index (χ2n) is 8.62. The highest BCUT2D eigenvalue weighted by molar-refractivity contribution is 5.92. The van der Waals surface area contributed by atoms with Crippen LogP contribution in [-0.2, 0) is 11.8 Å². The van der Waals surface area contributed by atoms with Crippen LogP contribution in [0.15, 0.2) is 6.20 Å². The molecule has 1 aromatic heterocycles. The van der Waals surface area contributed by atoms with E-state index in [4.69, 9.17) is 0 Å². The monoisotopic (exact) mass is 358 g/mol. The lowest BCUT2D eigenvalue weighted by atomic mass is 9.92. The normalized spacial score (nSPS) is 30.9. The van der Waals surface area contributed by atoms with Gasteiger partial charge < -0.3 is 14.4 Å². The summed E-state index contributed by atoms with van der Waals surface area (Å²) in [5, 5.41) is 0. The molecule has 0 radical (unpaired) electrons. The Morgan fingerprint density at radius 3 is 2.27 bits per heavy atom. The van der Waals surface area contributed by atoms with Gasteiger partial charge in [0.2, 0.25) is 5.91 Å². The minimum Gasteiger partial charge on any atom is -0.343 e. The number of carbonyl (C=O) groups is 2. The fraction of sp³-hybridized carbons (Fsp3) is 0.750. The van der Waals surface area contributed by atoms with E-state index in [1.165, 1.54) is 6.42 Å². The fourth-order valence-corrected chi connectivity index (χ4v) is 4.66. The van der Waals surface area contributed by atoms with Crippen LogP contribution in [0, 0.1) is 30.6 Å². The Bertz CT molecular complexity index is 697. The van der Waals surface area contributed by atoms with E-state index in [1.807, 2.05) is 23.4 Å². The van der Waals surface area contributed by atoms with Crippen molar-refractivity contribution in [1.29, 1.82) is 0 Å². The number of fused-ring (bicyclic) bond motifs is 1. The zero-order valence-corrected chi connectivity index (χ0v) is 16.1. The minimum absolute atomic E-state index is 0.0943. The van der Waals surface area contributed by atoms with Gasteiger partial charge in [0.25, 0.3) is 5.91 Å². The first-order valence-electron chi connectivity index (χ1n) is 9.99. The average Bonchev–Trinajstić information content (AvgIpc) is 3.07. The molecular weight excluding hydrogens is 328 g/mol. The third kappa shape index (κ3) is 3.26. The minimum atomic E-state index is 0.0943. The number of likely N-dealkylation sites (tertiary alicyclic amines) is 2. The number of rotatable bonds is 3. The molecule has 0 bridgehead atoms. The summed E-state index contributed by atoms with van der Waals surface area (Å²) in [6.07, 6.45) is 5.68. The maximum atomic E-state index is 12.8. The summed E-state index contributed by atoms with van der Waals surface area (Å²) in [6.45, 7) is 7.49. The molecule has 2 saturated heterocycles. The van der Waals surface area contributed by atoms with Crippen LogP contribution in [0.5, 0.6) is 0 Å². The van der Waals surface area contributed by atoms with Gasteiger partial charge in [0, 0.05) is 39.6 Å². The predicted octanol–water partition coefficient (Wildman–Crippen LogP) is 2.09. The van der Waals surface area contributed by atoms with Crippen LogP contribution in [0.2, 0.25) is 0 Å². The molecular formula is C20H30N4O2. The summed E-state index contributed by atoms with van der Waals surface area (Å²) >= 11 is 0. The van der Waals surface area contributed by atoms with Gasteiger partial charge in [0.1, 0.15) is 11.5 Å². The number of aryl methyl sites for hydroxylation is 1. The fourth-order valence-electron chi connectivity index (χ4n) is 4.66. The Hall–Kier alpha value is -1.85. The number of nitrogens with zero attached hydrogens (tertiary/aromatic N) is 4. The summed E-state index contributed by atoms with van der Waals surface area (Å²) in [4.78, 5) is 33.7. The maximum absolute atomic E-state index is 12.8. The first kappa shape index (κ1) is 17.6. The SMILES string of the molecule is Cc1ncc(C(=O)N2C[C@H]3CCN(C(=O)CC4CC4C)CC[C@H]3C2)n1C. The summed E-state index contributed by atoms with van der Waals surface area (Å²) in [5.41, 5.74) is 0.675. The topological polar surface area (TPSA) is 58.4 Å². The second kappa shape index (κ2) is 6.71. The van der Waals surface area contributed by atoms with Crippen molar-refractivity contribution >= 4 is 11.8 Å². The van der Waals surface area contributed by atoms with Gasteiger partial charge in [0.05, 0.1) is 6.20 Å². The van der Waals surface area contributed by atoms with Gasteiger partial charge in [-0.25, -0.2) is 4.98 Å². The first-order valence-corrected chi connectivity index (χ1v) is 9.99. The summed E-state index contributed by atoms with van der Waals surface area (Å²) in [6, 6.07) is 0. The number of hydrogen-bond acceptors (Lipinski definition) is 3. The number of imidazole rings is 1. The molecule has 3 aliphatic rings. The third-order valence-electron chi connectivity index (χ3n) is 6.91. The van der Waals surface area contributed by atoms with E-state index in [2.05, 4.69) is 16.8 Å². The smallest absolute Gasteiger partial charge is 0.272 e. The standard InChI is InChI=1S/C20H30N4O2/c1-13-8-17(13)9-19(25)23-6-4-15-11-24(12-16(15)5-7-23)20(26)18-10-21-14(2)22(18)3/h10,13,15-17H,4-9,11-12H2,1-3H3/t13?,15-,16+,17?. The van der Waals surface area contributed by atoms with E-state index in [0.29, 0.717) is 29.4 Å². The zero-order valence-electron chi connectivity index (χ0n) is 16.1. The lowest BCUT2D eigenvalue weighted by Gasteiger charge is -2.22. The summed E-state index contributed by atoms with van der Waals surface area (Å²) < 4.78 is 1.87. The van der Waals surface area contributed by atoms with Crippen molar-refractivity contribution in [2.24, 2.45) is 30.7 Å². The van der Waals surface area contributed by atoms with Crippen molar-refractivity contribution in [3.63, 3.8) is 0 Å². The molecule has 3 fully saturated rings. The Labute approximate surface area is 155 Å². The number of carbonyl (C=O) groups excluding carboxylic acids is 2. The van der Waals surface area contributed by atoms with Crippen molar-refractivity contribution < 1.29 is 9.59 Å². The van der Waals surface area contributed by atoms with Gasteiger partial charge in [-0.3, -0.25) is 9.59 Å². The molecule has 0 spiro atoms. The Morgan fingerprint density at radius 2 is 1.77 bits per heavy atom. The third-order valence-corrected chi connectivity index (χ3v) is 6.91. The zero-order chi connectivity index (χ0) is 18.4.